The fraction of sp³-hybridized carbons (Fsp3) is 0.389. The van der Waals surface area contributed by atoms with E-state index in [2.05, 4.69) is 5.32 Å². The fourth-order valence-corrected chi connectivity index (χ4v) is 3.04. The number of nitrogens with zero attached hydrogens (tertiary/aromatic N) is 3. The Balaban J connectivity index is 1.82. The van der Waals surface area contributed by atoms with Crippen LogP contribution in [0.3, 0.4) is 0 Å². The number of rotatable bonds is 4. The van der Waals surface area contributed by atoms with Gasteiger partial charge in [0.2, 0.25) is 0 Å². The van der Waals surface area contributed by atoms with Gasteiger partial charge in [-0.15, -0.1) is 0 Å². The number of fused-ring (bicyclic) bond motifs is 1. The lowest BCUT2D eigenvalue weighted by Gasteiger charge is -2.10. The van der Waals surface area contributed by atoms with Gasteiger partial charge in [-0.2, -0.15) is 5.26 Å². The zero-order valence-electron chi connectivity index (χ0n) is 14.3. The number of benzene rings is 1. The van der Waals surface area contributed by atoms with Crippen LogP contribution in [0.5, 0.6) is 0 Å². The van der Waals surface area contributed by atoms with E-state index < -0.39 is 5.91 Å². The zero-order valence-corrected chi connectivity index (χ0v) is 14.3. The van der Waals surface area contributed by atoms with Crippen molar-refractivity contribution in [1.29, 1.82) is 5.26 Å². The number of nitriles is 1. The summed E-state index contributed by atoms with van der Waals surface area (Å²) in [5.74, 6) is -0.417. The first-order chi connectivity index (χ1) is 12.0. The Labute approximate surface area is 145 Å². The van der Waals surface area contributed by atoms with Gasteiger partial charge in [0, 0.05) is 27.2 Å². The number of ether oxygens (including phenoxy) is 1. The van der Waals surface area contributed by atoms with Crippen molar-refractivity contribution in [2.24, 2.45) is 14.1 Å². The Morgan fingerprint density at radius 3 is 2.84 bits per heavy atom. The summed E-state index contributed by atoms with van der Waals surface area (Å²) in [4.78, 5) is 24.2. The number of aryl methyl sites for hydroxylation is 2. The molecule has 0 bridgehead atoms. The average Bonchev–Trinajstić information content (AvgIpc) is 3.21. The third-order valence-electron chi connectivity index (χ3n) is 4.49. The molecule has 2 heterocycles. The SMILES string of the molecule is Cn1c(=O)n(C)c2cc(/C=C(\C#N)C(=O)NCC3CCCO3)ccc21. The molecule has 1 atom stereocenters. The van der Waals surface area contributed by atoms with E-state index >= 15 is 0 Å². The second-order valence-electron chi connectivity index (χ2n) is 6.16. The minimum absolute atomic E-state index is 0.0262. The number of carbonyl (C=O) groups is 1. The van der Waals surface area contributed by atoms with E-state index in [1.165, 1.54) is 10.6 Å². The molecular weight excluding hydrogens is 320 g/mol. The van der Waals surface area contributed by atoms with Gasteiger partial charge in [0.15, 0.2) is 0 Å². The molecule has 7 nitrogen and oxygen atoms in total. The molecule has 1 aliphatic rings. The van der Waals surface area contributed by atoms with Crippen molar-refractivity contribution in [3.05, 3.63) is 39.8 Å². The summed E-state index contributed by atoms with van der Waals surface area (Å²) in [5.41, 5.74) is 2.14. The van der Waals surface area contributed by atoms with Crippen LogP contribution in [0.15, 0.2) is 28.6 Å². The van der Waals surface area contributed by atoms with E-state index in [9.17, 15) is 14.9 Å². The number of aromatic nitrogens is 2. The highest BCUT2D eigenvalue weighted by atomic mass is 16.5. The molecule has 1 amide bonds. The van der Waals surface area contributed by atoms with Gasteiger partial charge in [-0.1, -0.05) is 6.07 Å². The Morgan fingerprint density at radius 1 is 1.40 bits per heavy atom. The van der Waals surface area contributed by atoms with Crippen molar-refractivity contribution < 1.29 is 9.53 Å². The van der Waals surface area contributed by atoms with Gasteiger partial charge in [0.05, 0.1) is 17.1 Å². The maximum absolute atomic E-state index is 12.2. The predicted molar refractivity (Wildman–Crippen MR) is 93.7 cm³/mol. The summed E-state index contributed by atoms with van der Waals surface area (Å²) in [7, 11) is 3.40. The lowest BCUT2D eigenvalue weighted by atomic mass is 10.1. The summed E-state index contributed by atoms with van der Waals surface area (Å²) in [6.07, 6.45) is 3.47. The first kappa shape index (κ1) is 17.0. The van der Waals surface area contributed by atoms with E-state index in [4.69, 9.17) is 4.74 Å². The number of amides is 1. The van der Waals surface area contributed by atoms with Crippen molar-refractivity contribution >= 4 is 23.0 Å². The maximum atomic E-state index is 12.2. The molecule has 1 fully saturated rings. The van der Waals surface area contributed by atoms with E-state index in [-0.39, 0.29) is 17.4 Å². The van der Waals surface area contributed by atoms with E-state index in [0.29, 0.717) is 12.1 Å². The van der Waals surface area contributed by atoms with Crippen LogP contribution >= 0.6 is 0 Å². The molecule has 0 aliphatic carbocycles. The summed E-state index contributed by atoms with van der Waals surface area (Å²) in [6, 6.07) is 7.32. The molecule has 0 radical (unpaired) electrons. The standard InChI is InChI=1S/C18H20N4O3/c1-21-15-6-5-12(9-16(15)22(2)18(21)24)8-13(10-19)17(23)20-11-14-4-3-7-25-14/h5-6,8-9,14H,3-4,7,11H2,1-2H3,(H,20,23)/b13-8+. The number of hydrogen-bond acceptors (Lipinski definition) is 4. The summed E-state index contributed by atoms with van der Waals surface area (Å²) >= 11 is 0. The monoisotopic (exact) mass is 340 g/mol. The van der Waals surface area contributed by atoms with Gasteiger partial charge in [-0.05, 0) is 36.6 Å². The number of nitrogens with one attached hydrogen (secondary N) is 1. The molecular formula is C18H20N4O3. The molecule has 1 N–H and O–H groups in total. The van der Waals surface area contributed by atoms with Crippen LogP contribution in [0.2, 0.25) is 0 Å². The van der Waals surface area contributed by atoms with Gasteiger partial charge in [0.25, 0.3) is 5.91 Å². The van der Waals surface area contributed by atoms with E-state index in [0.717, 1.165) is 30.5 Å². The quantitative estimate of drug-likeness (QED) is 0.666. The number of carbonyl (C=O) groups excluding carboxylic acids is 1. The maximum Gasteiger partial charge on any atom is 0.328 e. The average molecular weight is 340 g/mol. The first-order valence-corrected chi connectivity index (χ1v) is 8.18. The molecule has 1 aromatic carbocycles. The van der Waals surface area contributed by atoms with Crippen LogP contribution in [0.1, 0.15) is 18.4 Å². The Bertz CT molecular complexity index is 940. The first-order valence-electron chi connectivity index (χ1n) is 8.18. The van der Waals surface area contributed by atoms with Gasteiger partial charge >= 0.3 is 5.69 Å². The predicted octanol–water partition coefficient (Wildman–Crippen LogP) is 1.08. The van der Waals surface area contributed by atoms with Crippen molar-refractivity contribution in [3.63, 3.8) is 0 Å². The van der Waals surface area contributed by atoms with Crippen molar-refractivity contribution in [2.75, 3.05) is 13.2 Å². The molecule has 7 heteroatoms. The highest BCUT2D eigenvalue weighted by Crippen LogP contribution is 2.16. The van der Waals surface area contributed by atoms with Crippen molar-refractivity contribution in [2.45, 2.75) is 18.9 Å². The molecule has 0 spiro atoms. The van der Waals surface area contributed by atoms with Crippen LogP contribution in [-0.2, 0) is 23.6 Å². The highest BCUT2D eigenvalue weighted by Gasteiger charge is 2.17. The summed E-state index contributed by atoms with van der Waals surface area (Å²) in [5, 5.41) is 12.0. The largest absolute Gasteiger partial charge is 0.376 e. The van der Waals surface area contributed by atoms with Gasteiger partial charge in [-0.25, -0.2) is 4.79 Å². The molecule has 130 valence electrons. The molecule has 1 aliphatic heterocycles. The smallest absolute Gasteiger partial charge is 0.328 e. The molecule has 1 unspecified atom stereocenters. The number of imidazole rings is 1. The van der Waals surface area contributed by atoms with Crippen LogP contribution in [0, 0.1) is 11.3 Å². The highest BCUT2D eigenvalue weighted by molar-refractivity contribution is 6.02. The second kappa shape index (κ2) is 6.95. The molecule has 2 aromatic rings. The summed E-state index contributed by atoms with van der Waals surface area (Å²) in [6.45, 7) is 1.13. The van der Waals surface area contributed by atoms with E-state index in [1.807, 2.05) is 12.1 Å². The molecule has 1 aromatic heterocycles. The normalized spacial score (nSPS) is 17.6. The second-order valence-corrected chi connectivity index (χ2v) is 6.16. The molecule has 0 saturated carbocycles. The Hall–Kier alpha value is -2.85. The van der Waals surface area contributed by atoms with Gasteiger partial charge < -0.3 is 10.1 Å². The molecule has 3 rings (SSSR count). The third kappa shape index (κ3) is 3.35. The van der Waals surface area contributed by atoms with Crippen LogP contribution in [0.4, 0.5) is 0 Å². The lowest BCUT2D eigenvalue weighted by molar-refractivity contribution is -0.117. The number of hydrogen-bond donors (Lipinski definition) is 1. The molecule has 25 heavy (non-hydrogen) atoms. The minimum atomic E-state index is -0.417. The molecule has 1 saturated heterocycles. The fourth-order valence-electron chi connectivity index (χ4n) is 3.04. The van der Waals surface area contributed by atoms with Crippen LogP contribution in [0.25, 0.3) is 17.1 Å². The van der Waals surface area contributed by atoms with E-state index in [1.54, 1.807) is 30.8 Å². The third-order valence-corrected chi connectivity index (χ3v) is 4.49. The summed E-state index contributed by atoms with van der Waals surface area (Å²) < 4.78 is 8.55. The topological polar surface area (TPSA) is 89.0 Å². The van der Waals surface area contributed by atoms with Gasteiger partial charge in [-0.3, -0.25) is 13.9 Å². The van der Waals surface area contributed by atoms with Crippen molar-refractivity contribution in [1.82, 2.24) is 14.5 Å². The lowest BCUT2D eigenvalue weighted by Crippen LogP contribution is -2.32. The van der Waals surface area contributed by atoms with Crippen LogP contribution < -0.4 is 11.0 Å². The zero-order chi connectivity index (χ0) is 18.0. The van der Waals surface area contributed by atoms with Crippen molar-refractivity contribution in [3.8, 4) is 6.07 Å². The Morgan fingerprint density at radius 2 is 2.16 bits per heavy atom. The minimum Gasteiger partial charge on any atom is -0.376 e. The van der Waals surface area contributed by atoms with Gasteiger partial charge in [0.1, 0.15) is 11.6 Å². The Kier molecular flexibility index (Phi) is 4.72. The van der Waals surface area contributed by atoms with Crippen LogP contribution in [-0.4, -0.2) is 34.3 Å².